The van der Waals surface area contributed by atoms with E-state index in [1.165, 1.54) is 180 Å². The van der Waals surface area contributed by atoms with Crippen LogP contribution in [0.4, 0.5) is 0 Å². The smallest absolute Gasteiger partial charge is 0.0481 e. The van der Waals surface area contributed by atoms with Crippen molar-refractivity contribution in [3.8, 4) is 29.3 Å². The number of unbranched alkanes of at least 4 members (excludes halogenated alkanes) is 18. The zero-order chi connectivity index (χ0) is 32.4. The maximum Gasteiger partial charge on any atom is 0.0481 e. The number of thiophene rings is 4. The second-order valence-corrected chi connectivity index (χ2v) is 18.3. The van der Waals surface area contributed by atoms with Crippen LogP contribution in [0.5, 0.6) is 0 Å². The standard InChI is InChI=1S/C42H62S4/c1-5-7-9-11-13-15-17-19-21-23-25-35-31-39(45-41(35)37-29-27-33(3)43-37)40-32-36(42(46-40)38-30-28-34(4)44-38)26-24-22-20-18-16-14-12-10-8-6-2/h27-32H,5-26H2,1-4H3. The van der Waals surface area contributed by atoms with Crippen molar-refractivity contribution in [3.63, 3.8) is 0 Å². The van der Waals surface area contributed by atoms with E-state index >= 15 is 0 Å². The number of rotatable bonds is 25. The zero-order valence-corrected chi connectivity index (χ0v) is 32.9. The molecule has 0 aromatic carbocycles. The van der Waals surface area contributed by atoms with E-state index in [4.69, 9.17) is 0 Å². The summed E-state index contributed by atoms with van der Waals surface area (Å²) < 4.78 is 0. The van der Waals surface area contributed by atoms with Crippen molar-refractivity contribution in [1.82, 2.24) is 0 Å². The topological polar surface area (TPSA) is 0 Å². The van der Waals surface area contributed by atoms with Crippen LogP contribution in [0.15, 0.2) is 36.4 Å². The van der Waals surface area contributed by atoms with E-state index in [0.29, 0.717) is 0 Å². The van der Waals surface area contributed by atoms with Gasteiger partial charge in [-0.1, -0.05) is 129 Å². The minimum Gasteiger partial charge on any atom is -0.140 e. The summed E-state index contributed by atoms with van der Waals surface area (Å²) in [6.45, 7) is 9.11. The molecule has 0 saturated carbocycles. The van der Waals surface area contributed by atoms with Crippen molar-refractivity contribution in [3.05, 3.63) is 57.3 Å². The third-order valence-corrected chi connectivity index (χ3v) is 14.3. The lowest BCUT2D eigenvalue weighted by Gasteiger charge is -2.04. The molecule has 0 atom stereocenters. The van der Waals surface area contributed by atoms with Gasteiger partial charge in [-0.3, -0.25) is 0 Å². The summed E-state index contributed by atoms with van der Waals surface area (Å²) in [6.07, 6.45) is 30.4. The summed E-state index contributed by atoms with van der Waals surface area (Å²) >= 11 is 8.04. The van der Waals surface area contributed by atoms with Gasteiger partial charge >= 0.3 is 0 Å². The van der Waals surface area contributed by atoms with Crippen LogP contribution in [-0.4, -0.2) is 0 Å². The molecule has 0 amide bonds. The zero-order valence-electron chi connectivity index (χ0n) is 29.7. The van der Waals surface area contributed by atoms with Crippen LogP contribution in [0.25, 0.3) is 29.3 Å². The minimum atomic E-state index is 1.22. The average Bonchev–Trinajstić information content (AvgIpc) is 3.86. The van der Waals surface area contributed by atoms with Gasteiger partial charge in [0.15, 0.2) is 0 Å². The van der Waals surface area contributed by atoms with Gasteiger partial charge < -0.3 is 0 Å². The maximum atomic E-state index is 2.57. The molecular weight excluding hydrogens is 633 g/mol. The molecule has 0 unspecified atom stereocenters. The van der Waals surface area contributed by atoms with E-state index in [2.05, 4.69) is 86.8 Å². The van der Waals surface area contributed by atoms with Gasteiger partial charge in [0, 0.05) is 39.0 Å². The summed E-state index contributed by atoms with van der Waals surface area (Å²) in [7, 11) is 0. The quantitative estimate of drug-likeness (QED) is 0.0606. The van der Waals surface area contributed by atoms with E-state index in [9.17, 15) is 0 Å². The molecule has 0 radical (unpaired) electrons. The molecule has 4 aromatic rings. The molecule has 4 heterocycles. The lowest BCUT2D eigenvalue weighted by Crippen LogP contribution is -1.87. The molecule has 0 aliphatic heterocycles. The Morgan fingerprint density at radius 3 is 1.00 bits per heavy atom. The minimum absolute atomic E-state index is 1.22. The van der Waals surface area contributed by atoms with E-state index in [1.807, 2.05) is 22.7 Å². The summed E-state index contributed by atoms with van der Waals surface area (Å²) in [4.78, 5) is 11.8. The van der Waals surface area contributed by atoms with Crippen LogP contribution in [0.2, 0.25) is 0 Å². The Labute approximate surface area is 299 Å². The Bertz CT molecular complexity index is 1260. The SMILES string of the molecule is CCCCCCCCCCCCc1cc(-c2cc(CCCCCCCCCCCC)c(-c3ccc(C)s3)s2)sc1-c1ccc(C)s1. The second-order valence-electron chi connectivity index (χ2n) is 13.6. The van der Waals surface area contributed by atoms with E-state index in [-0.39, 0.29) is 0 Å². The van der Waals surface area contributed by atoms with Crippen LogP contribution < -0.4 is 0 Å². The van der Waals surface area contributed by atoms with Gasteiger partial charge in [-0.05, 0) is 87.1 Å². The van der Waals surface area contributed by atoms with Gasteiger partial charge in [-0.15, -0.1) is 45.3 Å². The summed E-state index contributed by atoms with van der Waals surface area (Å²) in [6, 6.07) is 14.5. The number of hydrogen-bond donors (Lipinski definition) is 0. The molecule has 254 valence electrons. The van der Waals surface area contributed by atoms with Crippen molar-refractivity contribution >= 4 is 45.3 Å². The molecule has 0 N–H and O–H groups in total. The molecular formula is C42H62S4. The molecule has 0 aliphatic carbocycles. The fraction of sp³-hybridized carbons (Fsp3) is 0.619. The van der Waals surface area contributed by atoms with Crippen molar-refractivity contribution in [2.75, 3.05) is 0 Å². The highest BCUT2D eigenvalue weighted by atomic mass is 32.1. The predicted octanol–water partition coefficient (Wildman–Crippen LogP) is 16.5. The third-order valence-electron chi connectivity index (χ3n) is 9.39. The average molecular weight is 695 g/mol. The highest BCUT2D eigenvalue weighted by Crippen LogP contribution is 2.47. The van der Waals surface area contributed by atoms with E-state index < -0.39 is 0 Å². The van der Waals surface area contributed by atoms with Gasteiger partial charge in [0.05, 0.1) is 0 Å². The molecule has 4 aromatic heterocycles. The van der Waals surface area contributed by atoms with Gasteiger partial charge in [-0.25, -0.2) is 0 Å². The largest absolute Gasteiger partial charge is 0.140 e. The van der Waals surface area contributed by atoms with Gasteiger partial charge in [0.25, 0.3) is 0 Å². The molecule has 0 saturated heterocycles. The highest BCUT2D eigenvalue weighted by molar-refractivity contribution is 7.28. The molecule has 0 spiro atoms. The predicted molar refractivity (Wildman–Crippen MR) is 215 cm³/mol. The summed E-state index contributed by atoms with van der Waals surface area (Å²) in [5.74, 6) is 0. The highest BCUT2D eigenvalue weighted by Gasteiger charge is 2.19. The van der Waals surface area contributed by atoms with Crippen molar-refractivity contribution in [1.29, 1.82) is 0 Å². The first kappa shape index (κ1) is 37.6. The fourth-order valence-corrected chi connectivity index (χ4v) is 11.1. The van der Waals surface area contributed by atoms with Crippen LogP contribution in [-0.2, 0) is 12.8 Å². The van der Waals surface area contributed by atoms with Crippen LogP contribution >= 0.6 is 45.3 Å². The fourth-order valence-electron chi connectivity index (χ4n) is 6.61. The maximum absolute atomic E-state index is 2.57. The Hall–Kier alpha value is -1.20. The number of aryl methyl sites for hydroxylation is 4. The Balaban J connectivity index is 1.38. The van der Waals surface area contributed by atoms with Gasteiger partial charge in [0.1, 0.15) is 0 Å². The van der Waals surface area contributed by atoms with Crippen molar-refractivity contribution < 1.29 is 0 Å². The first-order valence-electron chi connectivity index (χ1n) is 19.0. The first-order valence-corrected chi connectivity index (χ1v) is 22.2. The lowest BCUT2D eigenvalue weighted by atomic mass is 10.0. The molecule has 46 heavy (non-hydrogen) atoms. The van der Waals surface area contributed by atoms with Crippen LogP contribution in [0, 0.1) is 13.8 Å². The van der Waals surface area contributed by atoms with Crippen molar-refractivity contribution in [2.24, 2.45) is 0 Å². The molecule has 0 nitrogen and oxygen atoms in total. The first-order chi connectivity index (χ1) is 22.6. The summed E-state index contributed by atoms with van der Waals surface area (Å²) in [5.41, 5.74) is 3.17. The Morgan fingerprint density at radius 2 is 0.696 bits per heavy atom. The molecule has 0 bridgehead atoms. The van der Waals surface area contributed by atoms with E-state index in [1.54, 1.807) is 11.1 Å². The normalized spacial score (nSPS) is 11.7. The second kappa shape index (κ2) is 21.7. The molecule has 4 heteroatoms. The van der Waals surface area contributed by atoms with E-state index in [0.717, 1.165) is 0 Å². The third kappa shape index (κ3) is 12.7. The van der Waals surface area contributed by atoms with Crippen LogP contribution in [0.1, 0.15) is 163 Å². The Morgan fingerprint density at radius 1 is 0.370 bits per heavy atom. The Kier molecular flexibility index (Phi) is 17.7. The lowest BCUT2D eigenvalue weighted by molar-refractivity contribution is 0.556. The molecule has 0 fully saturated rings. The molecule has 0 aliphatic rings. The van der Waals surface area contributed by atoms with Crippen molar-refractivity contribution in [2.45, 2.75) is 169 Å². The van der Waals surface area contributed by atoms with Crippen LogP contribution in [0.3, 0.4) is 0 Å². The molecule has 4 rings (SSSR count). The number of hydrogen-bond acceptors (Lipinski definition) is 4. The van der Waals surface area contributed by atoms with Gasteiger partial charge in [0.2, 0.25) is 0 Å². The summed E-state index contributed by atoms with van der Waals surface area (Å²) in [5, 5.41) is 0. The van der Waals surface area contributed by atoms with Gasteiger partial charge in [-0.2, -0.15) is 0 Å². The monoisotopic (exact) mass is 694 g/mol.